The molecule has 0 saturated carbocycles. The lowest BCUT2D eigenvalue weighted by Crippen LogP contribution is -2.60. The molecule has 2 N–H and O–H groups in total. The van der Waals surface area contributed by atoms with E-state index in [1.165, 1.54) is 12.0 Å². The second kappa shape index (κ2) is 8.20. The second-order valence-corrected chi connectivity index (χ2v) is 6.26. The summed E-state index contributed by atoms with van der Waals surface area (Å²) in [5.74, 6) is -1.25. The number of hydrogen-bond donors (Lipinski definition) is 2. The zero-order chi connectivity index (χ0) is 17.7. The predicted molar refractivity (Wildman–Crippen MR) is 94.3 cm³/mol. The Labute approximate surface area is 152 Å². The highest BCUT2D eigenvalue weighted by molar-refractivity contribution is 9.10. The SMILES string of the molecule is COC(=O)CC1C(=O)NCCN1C(=S)NC(=O)c1ccccc1Br. The van der Waals surface area contributed by atoms with Crippen LogP contribution in [0.4, 0.5) is 0 Å². The van der Waals surface area contributed by atoms with Crippen LogP contribution in [0.3, 0.4) is 0 Å². The Bertz CT molecular complexity index is 682. The van der Waals surface area contributed by atoms with Gasteiger partial charge in [0.1, 0.15) is 6.04 Å². The van der Waals surface area contributed by atoms with Gasteiger partial charge in [-0.05, 0) is 40.3 Å². The molecule has 1 aromatic rings. The van der Waals surface area contributed by atoms with Crippen molar-refractivity contribution in [3.05, 3.63) is 34.3 Å². The van der Waals surface area contributed by atoms with Gasteiger partial charge in [0, 0.05) is 17.6 Å². The lowest BCUT2D eigenvalue weighted by Gasteiger charge is -2.36. The van der Waals surface area contributed by atoms with E-state index in [1.807, 2.05) is 0 Å². The summed E-state index contributed by atoms with van der Waals surface area (Å²) in [7, 11) is 1.25. The Morgan fingerprint density at radius 1 is 1.46 bits per heavy atom. The number of nitrogens with zero attached hydrogens (tertiary/aromatic N) is 1. The zero-order valence-corrected chi connectivity index (χ0v) is 15.3. The van der Waals surface area contributed by atoms with Crippen LogP contribution >= 0.6 is 28.1 Å². The smallest absolute Gasteiger partial charge is 0.308 e. The molecule has 128 valence electrons. The van der Waals surface area contributed by atoms with Crippen LogP contribution in [-0.2, 0) is 14.3 Å². The molecule has 1 atom stereocenters. The van der Waals surface area contributed by atoms with Gasteiger partial charge in [-0.15, -0.1) is 0 Å². The van der Waals surface area contributed by atoms with Crippen LogP contribution in [-0.4, -0.2) is 54.0 Å². The minimum absolute atomic E-state index is 0.0968. The van der Waals surface area contributed by atoms with Gasteiger partial charge in [0.15, 0.2) is 5.11 Å². The fourth-order valence-corrected chi connectivity index (χ4v) is 3.06. The second-order valence-electron chi connectivity index (χ2n) is 5.02. The van der Waals surface area contributed by atoms with Gasteiger partial charge >= 0.3 is 5.97 Å². The van der Waals surface area contributed by atoms with Crippen LogP contribution in [0.25, 0.3) is 0 Å². The zero-order valence-electron chi connectivity index (χ0n) is 12.9. The van der Waals surface area contributed by atoms with Gasteiger partial charge < -0.3 is 15.0 Å². The van der Waals surface area contributed by atoms with Crippen molar-refractivity contribution in [2.45, 2.75) is 12.5 Å². The van der Waals surface area contributed by atoms with Crippen LogP contribution < -0.4 is 10.6 Å². The van der Waals surface area contributed by atoms with E-state index < -0.39 is 17.9 Å². The molecule has 24 heavy (non-hydrogen) atoms. The number of nitrogens with one attached hydrogen (secondary N) is 2. The summed E-state index contributed by atoms with van der Waals surface area (Å²) in [5, 5.41) is 5.37. The molecule has 1 saturated heterocycles. The number of esters is 1. The number of carbonyl (C=O) groups excluding carboxylic acids is 3. The molecular weight excluding hydrogens is 398 g/mol. The Kier molecular flexibility index (Phi) is 6.27. The topological polar surface area (TPSA) is 87.7 Å². The van der Waals surface area contributed by atoms with Gasteiger partial charge in [0.25, 0.3) is 5.91 Å². The molecule has 0 bridgehead atoms. The summed E-state index contributed by atoms with van der Waals surface area (Å²) in [6.07, 6.45) is -0.145. The molecule has 1 unspecified atom stereocenters. The van der Waals surface area contributed by atoms with Crippen molar-refractivity contribution >= 4 is 51.0 Å². The first-order chi connectivity index (χ1) is 11.4. The fraction of sp³-hybridized carbons (Fsp3) is 0.333. The summed E-state index contributed by atoms with van der Waals surface area (Å²) in [6, 6.07) is 6.11. The van der Waals surface area contributed by atoms with Crippen molar-refractivity contribution in [1.82, 2.24) is 15.5 Å². The highest BCUT2D eigenvalue weighted by atomic mass is 79.9. The number of piperazine rings is 1. The maximum absolute atomic E-state index is 12.3. The summed E-state index contributed by atoms with van der Waals surface area (Å²) in [6.45, 7) is 0.768. The molecule has 1 heterocycles. The number of hydrogen-bond acceptors (Lipinski definition) is 5. The van der Waals surface area contributed by atoms with Crippen molar-refractivity contribution in [3.8, 4) is 0 Å². The third-order valence-corrected chi connectivity index (χ3v) is 4.55. The largest absolute Gasteiger partial charge is 0.469 e. The molecular formula is C15H16BrN3O4S. The normalized spacial score (nSPS) is 17.0. The van der Waals surface area contributed by atoms with Gasteiger partial charge in [0.05, 0.1) is 19.1 Å². The highest BCUT2D eigenvalue weighted by Crippen LogP contribution is 2.16. The average molecular weight is 414 g/mol. The van der Waals surface area contributed by atoms with Crippen LogP contribution in [0.5, 0.6) is 0 Å². The summed E-state index contributed by atoms with van der Waals surface area (Å²) < 4.78 is 5.25. The number of methoxy groups -OCH3 is 1. The quantitative estimate of drug-likeness (QED) is 0.563. The summed E-state index contributed by atoms with van der Waals surface area (Å²) >= 11 is 8.56. The molecule has 0 aromatic heterocycles. The fourth-order valence-electron chi connectivity index (χ4n) is 2.28. The maximum atomic E-state index is 12.3. The van der Waals surface area contributed by atoms with Gasteiger partial charge in [-0.1, -0.05) is 12.1 Å². The summed E-state index contributed by atoms with van der Waals surface area (Å²) in [5.41, 5.74) is 0.422. The molecule has 7 nitrogen and oxygen atoms in total. The molecule has 9 heteroatoms. The van der Waals surface area contributed by atoms with E-state index in [2.05, 4.69) is 31.3 Å². The van der Waals surface area contributed by atoms with Crippen molar-refractivity contribution in [2.24, 2.45) is 0 Å². The van der Waals surface area contributed by atoms with E-state index in [-0.39, 0.29) is 17.4 Å². The molecule has 1 aromatic carbocycles. The van der Waals surface area contributed by atoms with Gasteiger partial charge in [-0.3, -0.25) is 19.7 Å². The maximum Gasteiger partial charge on any atom is 0.308 e. The molecule has 1 aliphatic rings. The van der Waals surface area contributed by atoms with Gasteiger partial charge in [0.2, 0.25) is 5.91 Å². The molecule has 1 aliphatic heterocycles. The third-order valence-electron chi connectivity index (χ3n) is 3.52. The van der Waals surface area contributed by atoms with Gasteiger partial charge in [-0.25, -0.2) is 0 Å². The minimum Gasteiger partial charge on any atom is -0.469 e. The van der Waals surface area contributed by atoms with E-state index in [1.54, 1.807) is 24.3 Å². The molecule has 0 spiro atoms. The number of thiocarbonyl (C=S) groups is 1. The minimum atomic E-state index is -0.807. The van der Waals surface area contributed by atoms with Crippen molar-refractivity contribution in [1.29, 1.82) is 0 Å². The Morgan fingerprint density at radius 3 is 2.83 bits per heavy atom. The number of benzene rings is 1. The van der Waals surface area contributed by atoms with Crippen molar-refractivity contribution < 1.29 is 19.1 Å². The lowest BCUT2D eigenvalue weighted by atomic mass is 10.1. The first kappa shape index (κ1) is 18.3. The van der Waals surface area contributed by atoms with Crippen molar-refractivity contribution in [2.75, 3.05) is 20.2 Å². The molecule has 1 fully saturated rings. The van der Waals surface area contributed by atoms with Crippen molar-refractivity contribution in [3.63, 3.8) is 0 Å². The Balaban J connectivity index is 2.11. The van der Waals surface area contributed by atoms with Crippen LogP contribution in [0.15, 0.2) is 28.7 Å². The first-order valence-corrected chi connectivity index (χ1v) is 8.35. The van der Waals surface area contributed by atoms with E-state index in [9.17, 15) is 14.4 Å². The van der Waals surface area contributed by atoms with Crippen LogP contribution in [0, 0.1) is 0 Å². The standard InChI is InChI=1S/C15H16BrN3O4S/c1-23-12(20)8-11-14(22)17-6-7-19(11)15(24)18-13(21)9-4-2-3-5-10(9)16/h2-5,11H,6-8H2,1H3,(H,17,22)(H,18,21,24). The Hall–Kier alpha value is -2.00. The number of carbonyl (C=O) groups is 3. The van der Waals surface area contributed by atoms with E-state index in [0.29, 0.717) is 23.1 Å². The Morgan fingerprint density at radius 2 is 2.17 bits per heavy atom. The first-order valence-electron chi connectivity index (χ1n) is 7.15. The van der Waals surface area contributed by atoms with Crippen LogP contribution in [0.1, 0.15) is 16.8 Å². The number of halogens is 1. The lowest BCUT2D eigenvalue weighted by molar-refractivity contribution is -0.144. The number of ether oxygens (including phenoxy) is 1. The van der Waals surface area contributed by atoms with Gasteiger partial charge in [-0.2, -0.15) is 0 Å². The molecule has 0 aliphatic carbocycles. The summed E-state index contributed by atoms with van der Waals surface area (Å²) in [4.78, 5) is 37.4. The highest BCUT2D eigenvalue weighted by Gasteiger charge is 2.34. The third kappa shape index (κ3) is 4.30. The van der Waals surface area contributed by atoms with E-state index >= 15 is 0 Å². The van der Waals surface area contributed by atoms with E-state index in [4.69, 9.17) is 12.2 Å². The molecule has 0 radical (unpaired) electrons. The van der Waals surface area contributed by atoms with Crippen LogP contribution in [0.2, 0.25) is 0 Å². The number of rotatable bonds is 3. The molecule has 2 rings (SSSR count). The van der Waals surface area contributed by atoms with E-state index in [0.717, 1.165) is 0 Å². The monoisotopic (exact) mass is 413 g/mol. The molecule has 2 amide bonds. The predicted octanol–water partition coefficient (Wildman–Crippen LogP) is 0.827. The average Bonchev–Trinajstić information content (AvgIpc) is 2.56. The number of amides is 2.